The normalized spacial score (nSPS) is 24.6. The first-order valence-corrected chi connectivity index (χ1v) is 4.33. The summed E-state index contributed by atoms with van der Waals surface area (Å²) < 4.78 is 0.522. The Balaban J connectivity index is 2.77. The minimum absolute atomic E-state index is 0.110. The number of nitrogens with zero attached hydrogens (tertiary/aromatic N) is 1. The highest BCUT2D eigenvalue weighted by molar-refractivity contribution is 6.04. The van der Waals surface area contributed by atoms with Crippen molar-refractivity contribution in [1.82, 2.24) is 0 Å². The van der Waals surface area contributed by atoms with Crippen LogP contribution < -0.4 is 0 Å². The van der Waals surface area contributed by atoms with Crippen molar-refractivity contribution in [1.29, 1.82) is 0 Å². The third-order valence-electron chi connectivity index (χ3n) is 2.35. The number of hydrogen-bond acceptors (Lipinski definition) is 2. The minimum atomic E-state index is -0.309. The van der Waals surface area contributed by atoms with Gasteiger partial charge in [0, 0.05) is 0 Å². The van der Waals surface area contributed by atoms with Gasteiger partial charge in [-0.3, -0.25) is 9.59 Å². The number of quaternary nitrogens is 1. The number of likely N-dealkylation sites (tertiary alicyclic amines) is 1. The van der Waals surface area contributed by atoms with Gasteiger partial charge in [0.05, 0.1) is 20.0 Å². The van der Waals surface area contributed by atoms with E-state index in [1.807, 2.05) is 21.0 Å². The molecule has 1 aliphatic rings. The molecular weight excluding hydrogens is 154 g/mol. The molecule has 1 heterocycles. The summed E-state index contributed by atoms with van der Waals surface area (Å²) in [6, 6.07) is 0. The van der Waals surface area contributed by atoms with E-state index in [2.05, 4.69) is 0 Å². The first kappa shape index (κ1) is 9.39. The molecule has 0 amide bonds. The number of rotatable bonds is 1. The second-order valence-corrected chi connectivity index (χ2v) is 4.15. The summed E-state index contributed by atoms with van der Waals surface area (Å²) >= 11 is 0. The van der Waals surface area contributed by atoms with Crippen molar-refractivity contribution in [3.63, 3.8) is 0 Å². The van der Waals surface area contributed by atoms with Crippen LogP contribution in [-0.4, -0.2) is 43.2 Å². The lowest BCUT2D eigenvalue weighted by atomic mass is 9.91. The summed E-state index contributed by atoms with van der Waals surface area (Å²) in [5.74, 6) is -0.0892. The fourth-order valence-electron chi connectivity index (χ4n) is 1.75. The Labute approximate surface area is 72.9 Å². The van der Waals surface area contributed by atoms with E-state index in [1.165, 1.54) is 0 Å². The number of Topliss-reactive ketones (excluding diaryl/α,β-unsaturated/α-hetero) is 2. The third kappa shape index (κ3) is 1.72. The van der Waals surface area contributed by atoms with Crippen LogP contribution in [-0.2, 0) is 9.59 Å². The Bertz CT molecular complexity index is 201. The molecule has 1 aliphatic heterocycles. The molecule has 3 nitrogen and oxygen atoms in total. The quantitative estimate of drug-likeness (QED) is 0.417. The van der Waals surface area contributed by atoms with Gasteiger partial charge in [0.15, 0.2) is 11.6 Å². The lowest BCUT2D eigenvalue weighted by molar-refractivity contribution is -0.876. The van der Waals surface area contributed by atoms with E-state index in [9.17, 15) is 9.59 Å². The Morgan fingerprint density at radius 1 is 1.25 bits per heavy atom. The van der Waals surface area contributed by atoms with Gasteiger partial charge >= 0.3 is 0 Å². The van der Waals surface area contributed by atoms with Crippen LogP contribution in [0.25, 0.3) is 0 Å². The minimum Gasteiger partial charge on any atom is -0.316 e. The Kier molecular flexibility index (Phi) is 2.33. The molecule has 0 aromatic heterocycles. The van der Waals surface area contributed by atoms with Crippen LogP contribution >= 0.6 is 0 Å². The number of hydrogen-bond donors (Lipinski definition) is 0. The van der Waals surface area contributed by atoms with Crippen molar-refractivity contribution in [2.24, 2.45) is 5.92 Å². The molecule has 68 valence electrons. The van der Waals surface area contributed by atoms with E-state index in [1.54, 1.807) is 0 Å². The average Bonchev–Trinajstić information content (AvgIpc) is 1.82. The third-order valence-corrected chi connectivity index (χ3v) is 2.35. The van der Waals surface area contributed by atoms with Gasteiger partial charge in [0.25, 0.3) is 0 Å². The van der Waals surface area contributed by atoms with Gasteiger partial charge < -0.3 is 4.48 Å². The number of piperidine rings is 1. The van der Waals surface area contributed by atoms with E-state index in [4.69, 9.17) is 0 Å². The Hall–Kier alpha value is -0.700. The number of carbonyl (C=O) groups is 2. The summed E-state index contributed by atoms with van der Waals surface area (Å²) in [6.07, 6.45) is 0.664. The number of ketones is 2. The SMILES string of the molecule is CCC1C(=O)C[N+](C)(C)CC1=O. The molecule has 0 saturated carbocycles. The van der Waals surface area contributed by atoms with Crippen molar-refractivity contribution >= 4 is 11.6 Å². The van der Waals surface area contributed by atoms with E-state index in [-0.39, 0.29) is 17.5 Å². The summed E-state index contributed by atoms with van der Waals surface area (Å²) in [6.45, 7) is 2.90. The Morgan fingerprint density at radius 3 is 2.00 bits per heavy atom. The van der Waals surface area contributed by atoms with Gasteiger partial charge in [-0.15, -0.1) is 0 Å². The molecule has 3 heteroatoms. The zero-order valence-corrected chi connectivity index (χ0v) is 7.96. The maximum absolute atomic E-state index is 11.4. The van der Waals surface area contributed by atoms with Crippen molar-refractivity contribution in [3.05, 3.63) is 0 Å². The lowest BCUT2D eigenvalue weighted by Crippen LogP contribution is -2.55. The highest BCUT2D eigenvalue weighted by atomic mass is 16.2. The van der Waals surface area contributed by atoms with Crippen LogP contribution in [0.15, 0.2) is 0 Å². The van der Waals surface area contributed by atoms with Crippen LogP contribution in [0.1, 0.15) is 13.3 Å². The summed E-state index contributed by atoms with van der Waals surface area (Å²) in [7, 11) is 3.84. The molecule has 12 heavy (non-hydrogen) atoms. The molecule has 1 rings (SSSR count). The summed E-state index contributed by atoms with van der Waals surface area (Å²) in [5, 5.41) is 0. The molecule has 0 N–H and O–H groups in total. The van der Waals surface area contributed by atoms with Gasteiger partial charge in [-0.2, -0.15) is 0 Å². The van der Waals surface area contributed by atoms with Gasteiger partial charge in [-0.05, 0) is 6.42 Å². The van der Waals surface area contributed by atoms with Gasteiger partial charge in [0.2, 0.25) is 0 Å². The van der Waals surface area contributed by atoms with Crippen LogP contribution in [0.4, 0.5) is 0 Å². The second-order valence-electron chi connectivity index (χ2n) is 4.15. The fraction of sp³-hybridized carbons (Fsp3) is 0.778. The monoisotopic (exact) mass is 170 g/mol. The van der Waals surface area contributed by atoms with E-state index >= 15 is 0 Å². The first-order chi connectivity index (χ1) is 5.46. The standard InChI is InChI=1S/C9H16NO2/c1-4-7-8(11)5-10(2,3)6-9(7)12/h7H,4-6H2,1-3H3/q+1. The summed E-state index contributed by atoms with van der Waals surface area (Å²) in [5.41, 5.74) is 0. The van der Waals surface area contributed by atoms with E-state index in [0.717, 1.165) is 0 Å². The maximum atomic E-state index is 11.4. The van der Waals surface area contributed by atoms with Gasteiger partial charge in [-0.1, -0.05) is 6.92 Å². The number of likely N-dealkylation sites (N-methyl/N-ethyl adjacent to an activating group) is 1. The molecule has 0 spiro atoms. The maximum Gasteiger partial charge on any atom is 0.197 e. The predicted molar refractivity (Wildman–Crippen MR) is 45.6 cm³/mol. The van der Waals surface area contributed by atoms with Gasteiger partial charge in [0.1, 0.15) is 13.1 Å². The molecule has 0 aromatic carbocycles. The highest BCUT2D eigenvalue weighted by Crippen LogP contribution is 2.16. The molecule has 0 atom stereocenters. The molecule has 1 saturated heterocycles. The van der Waals surface area contributed by atoms with Gasteiger partial charge in [-0.25, -0.2) is 0 Å². The summed E-state index contributed by atoms with van der Waals surface area (Å²) in [4.78, 5) is 22.8. The molecular formula is C9H16NO2+. The fourth-order valence-corrected chi connectivity index (χ4v) is 1.75. The first-order valence-electron chi connectivity index (χ1n) is 4.33. The van der Waals surface area contributed by atoms with Crippen LogP contribution in [0.2, 0.25) is 0 Å². The zero-order valence-electron chi connectivity index (χ0n) is 7.96. The zero-order chi connectivity index (χ0) is 9.35. The van der Waals surface area contributed by atoms with Crippen molar-refractivity contribution in [3.8, 4) is 0 Å². The van der Waals surface area contributed by atoms with Crippen molar-refractivity contribution in [2.75, 3.05) is 27.2 Å². The van der Waals surface area contributed by atoms with E-state index < -0.39 is 0 Å². The topological polar surface area (TPSA) is 34.1 Å². The lowest BCUT2D eigenvalue weighted by Gasteiger charge is -2.34. The molecule has 0 aromatic rings. The van der Waals surface area contributed by atoms with Crippen LogP contribution in [0, 0.1) is 5.92 Å². The van der Waals surface area contributed by atoms with Crippen molar-refractivity contribution in [2.45, 2.75) is 13.3 Å². The highest BCUT2D eigenvalue weighted by Gasteiger charge is 2.38. The van der Waals surface area contributed by atoms with Crippen molar-refractivity contribution < 1.29 is 14.1 Å². The molecule has 0 aliphatic carbocycles. The molecule has 0 bridgehead atoms. The molecule has 0 unspecified atom stereocenters. The number of carbonyl (C=O) groups excluding carboxylic acids is 2. The molecule has 1 fully saturated rings. The van der Waals surface area contributed by atoms with Crippen LogP contribution in [0.3, 0.4) is 0 Å². The van der Waals surface area contributed by atoms with Crippen LogP contribution in [0.5, 0.6) is 0 Å². The predicted octanol–water partition coefficient (Wildman–Crippen LogP) is 0.241. The largest absolute Gasteiger partial charge is 0.316 e. The average molecular weight is 170 g/mol. The van der Waals surface area contributed by atoms with E-state index in [0.29, 0.717) is 24.0 Å². The Morgan fingerprint density at radius 2 is 1.67 bits per heavy atom. The molecule has 0 radical (unpaired) electrons. The second kappa shape index (κ2) is 2.98. The smallest absolute Gasteiger partial charge is 0.197 e.